The number of rotatable bonds is 1. The van der Waals surface area contributed by atoms with E-state index in [1.807, 2.05) is 0 Å². The minimum Gasteiger partial charge on any atom is -0.439 e. The summed E-state index contributed by atoms with van der Waals surface area (Å²) in [7, 11) is 0. The van der Waals surface area contributed by atoms with E-state index in [-0.39, 0.29) is 11.1 Å². The lowest BCUT2D eigenvalue weighted by Crippen LogP contribution is -2.17. The fraction of sp³-hybridized carbons (Fsp3) is 0.500. The van der Waals surface area contributed by atoms with Crippen LogP contribution in [-0.2, 0) is 0 Å². The van der Waals surface area contributed by atoms with Crippen LogP contribution in [0.2, 0.25) is 5.02 Å². The molecule has 2 aromatic rings. The molecule has 2 fully saturated rings. The normalized spacial score (nSPS) is 30.1. The standard InChI is InChI=1S/C14H14ClFN2O/c15-9-4-11-12(5-10(9)16)19-14(18-11)13-8-3-1-2-7(8)6-17-13/h4-5,7-8,13,17H,1-3,6H2. The molecule has 1 aromatic heterocycles. The molecule has 1 saturated heterocycles. The predicted molar refractivity (Wildman–Crippen MR) is 70.6 cm³/mol. The maximum atomic E-state index is 13.4. The largest absolute Gasteiger partial charge is 0.439 e. The summed E-state index contributed by atoms with van der Waals surface area (Å²) in [5.74, 6) is 1.55. The number of oxazole rings is 1. The van der Waals surface area contributed by atoms with Gasteiger partial charge in [0.25, 0.3) is 0 Å². The van der Waals surface area contributed by atoms with Gasteiger partial charge in [0, 0.05) is 6.07 Å². The van der Waals surface area contributed by atoms with Crippen molar-refractivity contribution in [2.75, 3.05) is 6.54 Å². The van der Waals surface area contributed by atoms with Gasteiger partial charge in [0.2, 0.25) is 5.89 Å². The Morgan fingerprint density at radius 1 is 1.37 bits per heavy atom. The average Bonchev–Trinajstić information content (AvgIpc) is 3.03. The Bertz CT molecular complexity index is 603. The monoisotopic (exact) mass is 280 g/mol. The molecule has 1 aliphatic carbocycles. The quantitative estimate of drug-likeness (QED) is 0.866. The van der Waals surface area contributed by atoms with Gasteiger partial charge in [-0.25, -0.2) is 9.37 Å². The summed E-state index contributed by atoms with van der Waals surface area (Å²) in [6.07, 6.45) is 3.79. The Morgan fingerprint density at radius 2 is 2.26 bits per heavy atom. The van der Waals surface area contributed by atoms with Gasteiger partial charge in [-0.3, -0.25) is 0 Å². The second-order valence-corrected chi connectivity index (χ2v) is 5.93. The van der Waals surface area contributed by atoms with Gasteiger partial charge in [-0.15, -0.1) is 0 Å². The topological polar surface area (TPSA) is 38.1 Å². The summed E-state index contributed by atoms with van der Waals surface area (Å²) in [4.78, 5) is 4.48. The minimum atomic E-state index is -0.463. The molecule has 0 amide bonds. The molecule has 1 N–H and O–H groups in total. The van der Waals surface area contributed by atoms with Crippen LogP contribution in [-0.4, -0.2) is 11.5 Å². The molecule has 1 aliphatic heterocycles. The van der Waals surface area contributed by atoms with E-state index in [4.69, 9.17) is 16.0 Å². The van der Waals surface area contributed by atoms with E-state index in [0.717, 1.165) is 12.5 Å². The zero-order valence-corrected chi connectivity index (χ0v) is 11.1. The zero-order chi connectivity index (χ0) is 13.0. The van der Waals surface area contributed by atoms with Crippen molar-refractivity contribution in [2.45, 2.75) is 25.3 Å². The van der Waals surface area contributed by atoms with Crippen molar-refractivity contribution >= 4 is 22.7 Å². The van der Waals surface area contributed by atoms with Gasteiger partial charge >= 0.3 is 0 Å². The first-order valence-corrected chi connectivity index (χ1v) is 7.09. The average molecular weight is 281 g/mol. The van der Waals surface area contributed by atoms with Crippen molar-refractivity contribution in [1.29, 1.82) is 0 Å². The van der Waals surface area contributed by atoms with Gasteiger partial charge in [0.1, 0.15) is 11.3 Å². The fourth-order valence-corrected chi connectivity index (χ4v) is 3.69. The predicted octanol–water partition coefficient (Wildman–Crippen LogP) is 3.68. The third-order valence-electron chi connectivity index (χ3n) is 4.46. The number of fused-ring (bicyclic) bond motifs is 2. The second-order valence-electron chi connectivity index (χ2n) is 5.53. The van der Waals surface area contributed by atoms with E-state index < -0.39 is 5.82 Å². The molecule has 1 aromatic carbocycles. The smallest absolute Gasteiger partial charge is 0.212 e. The van der Waals surface area contributed by atoms with Crippen LogP contribution in [0.1, 0.15) is 31.2 Å². The first kappa shape index (κ1) is 11.7. The second kappa shape index (κ2) is 4.18. The van der Waals surface area contributed by atoms with Crippen LogP contribution < -0.4 is 5.32 Å². The van der Waals surface area contributed by atoms with E-state index in [1.54, 1.807) is 0 Å². The van der Waals surface area contributed by atoms with E-state index >= 15 is 0 Å². The first-order chi connectivity index (χ1) is 9.22. The third kappa shape index (κ3) is 1.77. The van der Waals surface area contributed by atoms with Crippen LogP contribution in [0.15, 0.2) is 16.5 Å². The molecule has 2 heterocycles. The molecule has 0 radical (unpaired) electrons. The van der Waals surface area contributed by atoms with E-state index in [0.29, 0.717) is 22.9 Å². The van der Waals surface area contributed by atoms with Gasteiger partial charge in [-0.1, -0.05) is 18.0 Å². The molecule has 3 nitrogen and oxygen atoms in total. The van der Waals surface area contributed by atoms with Gasteiger partial charge < -0.3 is 9.73 Å². The molecule has 5 heteroatoms. The summed E-state index contributed by atoms with van der Waals surface area (Å²) < 4.78 is 19.1. The molecule has 3 unspecified atom stereocenters. The molecule has 19 heavy (non-hydrogen) atoms. The summed E-state index contributed by atoms with van der Waals surface area (Å²) in [6.45, 7) is 1.03. The summed E-state index contributed by atoms with van der Waals surface area (Å²) in [6, 6.07) is 3.01. The number of halogens is 2. The number of nitrogens with zero attached hydrogens (tertiary/aromatic N) is 1. The Balaban J connectivity index is 1.75. The van der Waals surface area contributed by atoms with Crippen LogP contribution in [0.3, 0.4) is 0 Å². The maximum absolute atomic E-state index is 13.4. The Morgan fingerprint density at radius 3 is 3.16 bits per heavy atom. The van der Waals surface area contributed by atoms with Gasteiger partial charge in [0.15, 0.2) is 5.58 Å². The fourth-order valence-electron chi connectivity index (χ4n) is 3.53. The molecule has 100 valence electrons. The van der Waals surface area contributed by atoms with Gasteiger partial charge in [-0.2, -0.15) is 0 Å². The molecule has 4 rings (SSSR count). The maximum Gasteiger partial charge on any atom is 0.212 e. The molecule has 2 aliphatic rings. The Hall–Kier alpha value is -1.13. The van der Waals surface area contributed by atoms with Crippen molar-refractivity contribution in [2.24, 2.45) is 11.8 Å². The summed E-state index contributed by atoms with van der Waals surface area (Å²) in [5.41, 5.74) is 1.10. The lowest BCUT2D eigenvalue weighted by atomic mass is 9.94. The van der Waals surface area contributed by atoms with Crippen molar-refractivity contribution in [3.05, 3.63) is 28.9 Å². The van der Waals surface area contributed by atoms with Crippen molar-refractivity contribution in [1.82, 2.24) is 10.3 Å². The molecule has 3 atom stereocenters. The van der Waals surface area contributed by atoms with E-state index in [9.17, 15) is 4.39 Å². The Labute approximate surface area is 115 Å². The summed E-state index contributed by atoms with van der Waals surface area (Å²) in [5, 5.41) is 3.57. The molecule has 1 saturated carbocycles. The highest BCUT2D eigenvalue weighted by molar-refractivity contribution is 6.31. The molecular weight excluding hydrogens is 267 g/mol. The minimum absolute atomic E-state index is 0.0884. The number of nitrogens with one attached hydrogen (secondary N) is 1. The third-order valence-corrected chi connectivity index (χ3v) is 4.75. The van der Waals surface area contributed by atoms with Crippen LogP contribution in [0.4, 0.5) is 4.39 Å². The highest BCUT2D eigenvalue weighted by Gasteiger charge is 2.41. The van der Waals surface area contributed by atoms with Gasteiger partial charge in [0.05, 0.1) is 11.1 Å². The highest BCUT2D eigenvalue weighted by Crippen LogP contribution is 2.44. The zero-order valence-electron chi connectivity index (χ0n) is 10.3. The Kier molecular flexibility index (Phi) is 2.57. The number of benzene rings is 1. The van der Waals surface area contributed by atoms with Crippen molar-refractivity contribution < 1.29 is 8.81 Å². The van der Waals surface area contributed by atoms with Crippen LogP contribution in [0.25, 0.3) is 11.1 Å². The number of aromatic nitrogens is 1. The highest BCUT2D eigenvalue weighted by atomic mass is 35.5. The number of hydrogen-bond acceptors (Lipinski definition) is 3. The molecular formula is C14H14ClFN2O. The van der Waals surface area contributed by atoms with Gasteiger partial charge in [-0.05, 0) is 37.3 Å². The number of hydrogen-bond donors (Lipinski definition) is 1. The lowest BCUT2D eigenvalue weighted by Gasteiger charge is -2.13. The SMILES string of the molecule is Fc1cc2oc(C3NCC4CCCC43)nc2cc1Cl. The van der Waals surface area contributed by atoms with E-state index in [1.165, 1.54) is 31.4 Å². The van der Waals surface area contributed by atoms with Crippen LogP contribution in [0, 0.1) is 17.7 Å². The van der Waals surface area contributed by atoms with Crippen LogP contribution in [0.5, 0.6) is 0 Å². The summed E-state index contributed by atoms with van der Waals surface area (Å²) >= 11 is 5.77. The first-order valence-electron chi connectivity index (χ1n) is 6.71. The van der Waals surface area contributed by atoms with Crippen molar-refractivity contribution in [3.63, 3.8) is 0 Å². The van der Waals surface area contributed by atoms with Crippen molar-refractivity contribution in [3.8, 4) is 0 Å². The molecule has 0 spiro atoms. The lowest BCUT2D eigenvalue weighted by molar-refractivity contribution is 0.356. The molecule has 0 bridgehead atoms. The van der Waals surface area contributed by atoms with Crippen LogP contribution >= 0.6 is 11.6 Å². The van der Waals surface area contributed by atoms with E-state index in [2.05, 4.69) is 10.3 Å².